The lowest BCUT2D eigenvalue weighted by Gasteiger charge is -2.33. The fraction of sp³-hybridized carbons (Fsp3) is 0.520. The summed E-state index contributed by atoms with van der Waals surface area (Å²) in [4.78, 5) is 31.6. The van der Waals surface area contributed by atoms with Crippen molar-refractivity contribution < 1.29 is 37.0 Å². The first-order valence-corrected chi connectivity index (χ1v) is 11.6. The first kappa shape index (κ1) is 29.7. The lowest BCUT2D eigenvalue weighted by molar-refractivity contribution is -0.139. The molecule has 0 fully saturated rings. The molecule has 0 bridgehead atoms. The number of hydrogen-bond acceptors (Lipinski definition) is 7. The van der Waals surface area contributed by atoms with Gasteiger partial charge in [0.25, 0.3) is 0 Å². The maximum Gasteiger partial charge on any atom is 0.419 e. The lowest BCUT2D eigenvalue weighted by Crippen LogP contribution is -2.52. The summed E-state index contributed by atoms with van der Waals surface area (Å²) in [5.41, 5.74) is -2.55. The summed E-state index contributed by atoms with van der Waals surface area (Å²) in [6.07, 6.45) is -4.56. The molecule has 0 saturated heterocycles. The number of alkyl halides is 3. The highest BCUT2D eigenvalue weighted by Crippen LogP contribution is 2.39. The Bertz CT molecular complexity index is 1100. The zero-order valence-corrected chi connectivity index (χ0v) is 21.9. The number of rotatable bonds is 8. The van der Waals surface area contributed by atoms with Crippen molar-refractivity contribution in [2.75, 3.05) is 13.7 Å². The number of benzene rings is 1. The van der Waals surface area contributed by atoms with E-state index in [0.29, 0.717) is 6.42 Å². The maximum absolute atomic E-state index is 14.0. The van der Waals surface area contributed by atoms with Gasteiger partial charge < -0.3 is 24.8 Å². The van der Waals surface area contributed by atoms with Crippen molar-refractivity contribution in [3.63, 3.8) is 0 Å². The highest BCUT2D eigenvalue weighted by molar-refractivity contribution is 5.70. The molecule has 1 atom stereocenters. The summed E-state index contributed by atoms with van der Waals surface area (Å²) in [7, 11) is 1.34. The molecule has 1 heterocycles. The normalized spacial score (nSPS) is 13.5. The van der Waals surface area contributed by atoms with Crippen LogP contribution in [-0.4, -0.2) is 46.9 Å². The zero-order chi connectivity index (χ0) is 28.0. The molecule has 0 unspecified atom stereocenters. The number of aromatic nitrogens is 2. The summed E-state index contributed by atoms with van der Waals surface area (Å²) < 4.78 is 57.8. The SMILES string of the molecule is CNC(=O)Oc1nccc(-c2ccc(OC[C@](C)(CC(C)C)NC(=O)OC(C)(C)C)c(C(F)(F)F)c2)n1. The van der Waals surface area contributed by atoms with Gasteiger partial charge in [-0.2, -0.15) is 18.2 Å². The molecule has 0 saturated carbocycles. The van der Waals surface area contributed by atoms with Crippen LogP contribution in [0.5, 0.6) is 11.8 Å². The smallest absolute Gasteiger partial charge is 0.419 e. The van der Waals surface area contributed by atoms with Gasteiger partial charge in [0.2, 0.25) is 0 Å². The third-order valence-corrected chi connectivity index (χ3v) is 4.81. The van der Waals surface area contributed by atoms with Crippen LogP contribution in [0.25, 0.3) is 11.3 Å². The average molecular weight is 527 g/mol. The molecule has 0 radical (unpaired) electrons. The van der Waals surface area contributed by atoms with Gasteiger partial charge in [-0.1, -0.05) is 13.8 Å². The van der Waals surface area contributed by atoms with Crippen molar-refractivity contribution >= 4 is 12.2 Å². The van der Waals surface area contributed by atoms with Gasteiger partial charge in [0.15, 0.2) is 0 Å². The Kier molecular flexibility index (Phi) is 9.34. The molecular weight excluding hydrogens is 493 g/mol. The molecule has 1 aromatic heterocycles. The van der Waals surface area contributed by atoms with Crippen LogP contribution in [0.2, 0.25) is 0 Å². The molecule has 2 N–H and O–H groups in total. The van der Waals surface area contributed by atoms with Crippen LogP contribution in [0.4, 0.5) is 22.8 Å². The second kappa shape index (κ2) is 11.7. The van der Waals surface area contributed by atoms with E-state index < -0.39 is 40.8 Å². The van der Waals surface area contributed by atoms with Gasteiger partial charge in [-0.25, -0.2) is 14.6 Å². The molecule has 0 spiro atoms. The molecule has 0 aliphatic carbocycles. The minimum Gasteiger partial charge on any atom is -0.491 e. The highest BCUT2D eigenvalue weighted by Gasteiger charge is 2.37. The number of halogens is 3. The Morgan fingerprint density at radius 1 is 1.05 bits per heavy atom. The molecular formula is C25H33F3N4O5. The fourth-order valence-corrected chi connectivity index (χ4v) is 3.56. The van der Waals surface area contributed by atoms with E-state index in [4.69, 9.17) is 14.2 Å². The lowest BCUT2D eigenvalue weighted by atomic mass is 9.91. The van der Waals surface area contributed by atoms with E-state index in [1.165, 1.54) is 31.4 Å². The van der Waals surface area contributed by atoms with Gasteiger partial charge in [-0.15, -0.1) is 0 Å². The summed E-state index contributed by atoms with van der Waals surface area (Å²) in [6.45, 7) is 10.4. The summed E-state index contributed by atoms with van der Waals surface area (Å²) in [5.74, 6) is -0.301. The van der Waals surface area contributed by atoms with E-state index in [2.05, 4.69) is 20.6 Å². The van der Waals surface area contributed by atoms with Crippen LogP contribution in [0.15, 0.2) is 30.5 Å². The molecule has 12 heteroatoms. The Morgan fingerprint density at radius 2 is 1.73 bits per heavy atom. The third-order valence-electron chi connectivity index (χ3n) is 4.81. The van der Waals surface area contributed by atoms with Crippen molar-refractivity contribution in [2.24, 2.45) is 5.92 Å². The van der Waals surface area contributed by atoms with E-state index in [-0.39, 0.29) is 29.8 Å². The van der Waals surface area contributed by atoms with Gasteiger partial charge in [0.1, 0.15) is 18.0 Å². The van der Waals surface area contributed by atoms with Gasteiger partial charge in [-0.05, 0) is 64.3 Å². The van der Waals surface area contributed by atoms with Gasteiger partial charge >= 0.3 is 24.4 Å². The number of carbonyl (C=O) groups excluding carboxylic acids is 2. The van der Waals surface area contributed by atoms with Crippen LogP contribution in [0, 0.1) is 5.92 Å². The minimum atomic E-state index is -4.74. The van der Waals surface area contributed by atoms with E-state index in [9.17, 15) is 22.8 Å². The number of carbonyl (C=O) groups is 2. The predicted octanol–water partition coefficient (Wildman–Crippen LogP) is 5.59. The number of ether oxygens (including phenoxy) is 3. The minimum absolute atomic E-state index is 0.108. The highest BCUT2D eigenvalue weighted by atomic mass is 19.4. The summed E-state index contributed by atoms with van der Waals surface area (Å²) in [6, 6.07) is 4.54. The predicted molar refractivity (Wildman–Crippen MR) is 130 cm³/mol. The van der Waals surface area contributed by atoms with Crippen LogP contribution >= 0.6 is 0 Å². The van der Waals surface area contributed by atoms with Crippen molar-refractivity contribution in [2.45, 2.75) is 65.3 Å². The number of amides is 2. The Morgan fingerprint density at radius 3 is 2.30 bits per heavy atom. The molecule has 0 aliphatic rings. The van der Waals surface area contributed by atoms with Crippen LogP contribution < -0.4 is 20.1 Å². The molecule has 2 rings (SSSR count). The fourth-order valence-electron chi connectivity index (χ4n) is 3.56. The van der Waals surface area contributed by atoms with Crippen molar-refractivity contribution in [3.05, 3.63) is 36.0 Å². The number of nitrogens with one attached hydrogen (secondary N) is 2. The van der Waals surface area contributed by atoms with Crippen molar-refractivity contribution in [1.29, 1.82) is 0 Å². The van der Waals surface area contributed by atoms with Crippen molar-refractivity contribution in [3.8, 4) is 23.0 Å². The first-order chi connectivity index (χ1) is 17.0. The number of nitrogens with zero attached hydrogens (tertiary/aromatic N) is 2. The second-order valence-electron chi connectivity index (χ2n) is 10.1. The number of hydrogen-bond donors (Lipinski definition) is 2. The Hall–Kier alpha value is -3.57. The van der Waals surface area contributed by atoms with E-state index in [1.807, 2.05) is 13.8 Å². The largest absolute Gasteiger partial charge is 0.491 e. The molecule has 9 nitrogen and oxygen atoms in total. The molecule has 2 aromatic rings. The Labute approximate surface area is 214 Å². The first-order valence-electron chi connectivity index (χ1n) is 11.6. The zero-order valence-electron chi connectivity index (χ0n) is 21.9. The van der Waals surface area contributed by atoms with Crippen molar-refractivity contribution in [1.82, 2.24) is 20.6 Å². The molecule has 37 heavy (non-hydrogen) atoms. The van der Waals surface area contributed by atoms with Gasteiger partial charge in [0.05, 0.1) is 16.8 Å². The maximum atomic E-state index is 14.0. The topological polar surface area (TPSA) is 112 Å². The Balaban J connectivity index is 2.34. The van der Waals surface area contributed by atoms with E-state index >= 15 is 0 Å². The monoisotopic (exact) mass is 526 g/mol. The van der Waals surface area contributed by atoms with E-state index in [1.54, 1.807) is 27.7 Å². The van der Waals surface area contributed by atoms with E-state index in [0.717, 1.165) is 6.07 Å². The molecule has 2 amide bonds. The summed E-state index contributed by atoms with van der Waals surface area (Å²) >= 11 is 0. The summed E-state index contributed by atoms with van der Waals surface area (Å²) in [5, 5.41) is 4.97. The number of alkyl carbamates (subject to hydrolysis) is 1. The molecule has 0 aliphatic heterocycles. The van der Waals surface area contributed by atoms with Gasteiger partial charge in [0, 0.05) is 18.8 Å². The quantitative estimate of drug-likeness (QED) is 0.461. The third kappa shape index (κ3) is 9.43. The average Bonchev–Trinajstić information content (AvgIpc) is 2.75. The molecule has 204 valence electrons. The van der Waals surface area contributed by atoms with Crippen LogP contribution in [0.3, 0.4) is 0 Å². The standard InChI is InChI=1S/C25H33F3N4O5/c1-15(2)13-24(6,32-22(34)37-23(3,4)5)14-35-19-9-8-16(12-17(19)25(26,27)28)18-10-11-30-20(31-18)36-21(33)29-7/h8-12,15H,13-14H2,1-7H3,(H,29,33)(H,32,34)/t24-/m0/s1. The van der Waals surface area contributed by atoms with Crippen LogP contribution in [0.1, 0.15) is 53.5 Å². The second-order valence-corrected chi connectivity index (χ2v) is 10.1. The van der Waals surface area contributed by atoms with Gasteiger partial charge in [-0.3, -0.25) is 0 Å². The molecule has 1 aromatic carbocycles. The van der Waals surface area contributed by atoms with Crippen LogP contribution in [-0.2, 0) is 10.9 Å².